The van der Waals surface area contributed by atoms with Crippen LogP contribution in [-0.4, -0.2) is 20.6 Å². The number of rotatable bonds is 4. The summed E-state index contributed by atoms with van der Waals surface area (Å²) in [7, 11) is 0. The van der Waals surface area contributed by atoms with E-state index in [0.29, 0.717) is 28.0 Å². The van der Waals surface area contributed by atoms with E-state index in [0.717, 1.165) is 0 Å². The first-order chi connectivity index (χ1) is 14.5. The number of hydrogen-bond acceptors (Lipinski definition) is 5. The van der Waals surface area contributed by atoms with Gasteiger partial charge in [-0.25, -0.2) is 5.21 Å². The fourth-order valence-electron chi connectivity index (χ4n) is 3.41. The minimum Gasteiger partial charge on any atom is -0.595 e. The molecule has 3 aromatic carbocycles. The molecule has 0 saturated heterocycles. The number of fused-ring (bicyclic) bond motifs is 1. The number of hydrogen-bond donors (Lipinski definition) is 3. The van der Waals surface area contributed by atoms with E-state index in [4.69, 9.17) is 5.21 Å². The van der Waals surface area contributed by atoms with Gasteiger partial charge in [-0.05, 0) is 43.3 Å². The number of aromatic hydroxyl groups is 1. The number of pyridine rings is 1. The summed E-state index contributed by atoms with van der Waals surface area (Å²) in [4.78, 5) is 17.9. The summed E-state index contributed by atoms with van der Waals surface area (Å²) < 4.78 is 1.55. The Morgan fingerprint density at radius 1 is 0.967 bits per heavy atom. The molecule has 0 aliphatic rings. The molecule has 1 aromatic heterocycles. The quantitative estimate of drug-likeness (QED) is 0.361. The molecule has 3 N–H and O–H groups in total. The second kappa shape index (κ2) is 7.92. The van der Waals surface area contributed by atoms with E-state index in [1.807, 2.05) is 36.4 Å². The number of nitrogens with zero attached hydrogens (tertiary/aromatic N) is 2. The van der Waals surface area contributed by atoms with Gasteiger partial charge in [-0.3, -0.25) is 14.4 Å². The summed E-state index contributed by atoms with van der Waals surface area (Å²) in [6, 6.07) is 22.3. The Morgan fingerprint density at radius 2 is 1.60 bits per heavy atom. The predicted molar refractivity (Wildman–Crippen MR) is 115 cm³/mol. The number of quaternary nitrogens is 1. The highest BCUT2D eigenvalue weighted by molar-refractivity contribution is 6.06. The Hall–Kier alpha value is -3.78. The van der Waals surface area contributed by atoms with Gasteiger partial charge in [0.2, 0.25) is 0 Å². The Balaban J connectivity index is 1.94. The summed E-state index contributed by atoms with van der Waals surface area (Å²) in [6.07, 6.45) is 0. The van der Waals surface area contributed by atoms with Crippen molar-refractivity contribution in [3.05, 3.63) is 100.0 Å². The molecule has 0 radical (unpaired) electrons. The lowest BCUT2D eigenvalue weighted by Crippen LogP contribution is -2.99. The average Bonchev–Trinajstić information content (AvgIpc) is 2.75. The highest BCUT2D eigenvalue weighted by Crippen LogP contribution is 2.29. The lowest BCUT2D eigenvalue weighted by atomic mass is 10.1. The molecule has 4 aromatic rings. The van der Waals surface area contributed by atoms with Crippen LogP contribution in [0.4, 0.5) is 11.4 Å². The van der Waals surface area contributed by atoms with Gasteiger partial charge in [-0.15, -0.1) is 0 Å². The first-order valence-corrected chi connectivity index (χ1v) is 9.28. The van der Waals surface area contributed by atoms with Gasteiger partial charge in [-0.2, -0.15) is 5.23 Å². The Kier molecular flexibility index (Phi) is 5.16. The molecule has 0 saturated carbocycles. The van der Waals surface area contributed by atoms with Crippen molar-refractivity contribution < 1.29 is 15.5 Å². The van der Waals surface area contributed by atoms with Gasteiger partial charge in [0.1, 0.15) is 11.3 Å². The van der Waals surface area contributed by atoms with Crippen LogP contribution in [0.15, 0.2) is 88.6 Å². The molecular weight excluding hydrogens is 382 g/mol. The van der Waals surface area contributed by atoms with Gasteiger partial charge in [-0.1, -0.05) is 30.3 Å². The van der Waals surface area contributed by atoms with Crippen LogP contribution in [0.5, 0.6) is 5.75 Å². The monoisotopic (exact) mass is 401 g/mol. The molecule has 0 amide bonds. The normalized spacial score (nSPS) is 12.8. The first-order valence-electron chi connectivity index (χ1n) is 9.28. The Morgan fingerprint density at radius 3 is 2.27 bits per heavy atom. The van der Waals surface area contributed by atoms with Gasteiger partial charge in [0, 0.05) is 23.2 Å². The van der Waals surface area contributed by atoms with Crippen molar-refractivity contribution in [3.63, 3.8) is 0 Å². The van der Waals surface area contributed by atoms with E-state index in [2.05, 4.69) is 4.99 Å². The van der Waals surface area contributed by atoms with Crippen LogP contribution in [-0.2, 0) is 0 Å². The third kappa shape index (κ3) is 3.48. The van der Waals surface area contributed by atoms with Crippen LogP contribution >= 0.6 is 0 Å². The standard InChI is InChI=1S/C23H19N3O4/c1-15(24-16-11-13-18(14-12-16)26(29)30)21-22(27)19-9-5-6-10-20(19)25(23(21)28)17-7-3-2-4-8-17/h2-14,26-27,29H,1H3. The van der Waals surface area contributed by atoms with Crippen LogP contribution in [0.2, 0.25) is 0 Å². The number of aromatic nitrogens is 1. The summed E-state index contributed by atoms with van der Waals surface area (Å²) in [6.45, 7) is 1.64. The van der Waals surface area contributed by atoms with Crippen LogP contribution < -0.4 is 10.8 Å². The second-order valence-corrected chi connectivity index (χ2v) is 6.77. The number of benzene rings is 3. The van der Waals surface area contributed by atoms with E-state index in [1.54, 1.807) is 41.8 Å². The van der Waals surface area contributed by atoms with Crippen molar-refractivity contribution in [1.82, 2.24) is 4.57 Å². The summed E-state index contributed by atoms with van der Waals surface area (Å²) >= 11 is 0. The number of para-hydroxylation sites is 2. The largest absolute Gasteiger partial charge is 0.595 e. The smallest absolute Gasteiger partial charge is 0.268 e. The molecule has 150 valence electrons. The van der Waals surface area contributed by atoms with Crippen LogP contribution in [0.1, 0.15) is 12.5 Å². The molecule has 7 heteroatoms. The minimum atomic E-state index is -1.03. The molecule has 1 atom stereocenters. The molecule has 7 nitrogen and oxygen atoms in total. The minimum absolute atomic E-state index is 0.0971. The predicted octanol–water partition coefficient (Wildman–Crippen LogP) is 3.24. The Bertz CT molecular complexity index is 1290. The molecular formula is C23H19N3O4. The highest BCUT2D eigenvalue weighted by atomic mass is 16.8. The van der Waals surface area contributed by atoms with Crippen molar-refractivity contribution in [2.24, 2.45) is 4.99 Å². The highest BCUT2D eigenvalue weighted by Gasteiger charge is 2.19. The SMILES string of the molecule is CC(=Nc1ccc([NH+]([O-])O)cc1)c1c(O)c2ccccc2n(-c2ccccc2)c1=O. The molecule has 0 fully saturated rings. The summed E-state index contributed by atoms with van der Waals surface area (Å²) in [5.74, 6) is -0.133. The zero-order chi connectivity index (χ0) is 21.3. The fraction of sp³-hybridized carbons (Fsp3) is 0.0435. The maximum Gasteiger partial charge on any atom is 0.268 e. The Labute approximate surface area is 171 Å². The van der Waals surface area contributed by atoms with E-state index in [9.17, 15) is 15.1 Å². The third-order valence-electron chi connectivity index (χ3n) is 4.84. The van der Waals surface area contributed by atoms with Gasteiger partial charge in [0.15, 0.2) is 5.69 Å². The fourth-order valence-corrected chi connectivity index (χ4v) is 3.41. The molecule has 1 unspecified atom stereocenters. The van der Waals surface area contributed by atoms with E-state index < -0.39 is 5.23 Å². The average molecular weight is 401 g/mol. The topological polar surface area (TPSA) is 102 Å². The van der Waals surface area contributed by atoms with Gasteiger partial charge < -0.3 is 10.3 Å². The van der Waals surface area contributed by atoms with E-state index in [1.165, 1.54) is 12.1 Å². The zero-order valence-corrected chi connectivity index (χ0v) is 16.1. The van der Waals surface area contributed by atoms with Crippen molar-refractivity contribution in [2.75, 3.05) is 0 Å². The molecule has 1 heterocycles. The van der Waals surface area contributed by atoms with Crippen LogP contribution in [0.25, 0.3) is 16.6 Å². The lowest BCUT2D eigenvalue weighted by Gasteiger charge is -2.15. The van der Waals surface area contributed by atoms with E-state index >= 15 is 0 Å². The molecule has 0 aliphatic heterocycles. The number of aliphatic imine (C=N–C) groups is 1. The van der Waals surface area contributed by atoms with Gasteiger partial charge in [0.25, 0.3) is 5.56 Å². The van der Waals surface area contributed by atoms with Crippen molar-refractivity contribution in [3.8, 4) is 11.4 Å². The lowest BCUT2D eigenvalue weighted by molar-refractivity contribution is -0.991. The molecule has 30 heavy (non-hydrogen) atoms. The summed E-state index contributed by atoms with van der Waals surface area (Å²) in [5.41, 5.74) is 1.94. The zero-order valence-electron chi connectivity index (χ0n) is 16.1. The van der Waals surface area contributed by atoms with E-state index in [-0.39, 0.29) is 22.6 Å². The van der Waals surface area contributed by atoms with Crippen LogP contribution in [0.3, 0.4) is 0 Å². The maximum absolute atomic E-state index is 13.4. The first kappa shape index (κ1) is 19.5. The molecule has 4 rings (SSSR count). The van der Waals surface area contributed by atoms with Crippen molar-refractivity contribution >= 4 is 28.0 Å². The molecule has 0 bridgehead atoms. The van der Waals surface area contributed by atoms with Gasteiger partial charge in [0.05, 0.1) is 16.9 Å². The van der Waals surface area contributed by atoms with Crippen LogP contribution in [0, 0.1) is 5.21 Å². The summed E-state index contributed by atoms with van der Waals surface area (Å²) in [5, 5.41) is 30.5. The van der Waals surface area contributed by atoms with Crippen molar-refractivity contribution in [1.29, 1.82) is 0 Å². The third-order valence-corrected chi connectivity index (χ3v) is 4.84. The van der Waals surface area contributed by atoms with Crippen molar-refractivity contribution in [2.45, 2.75) is 6.92 Å². The second-order valence-electron chi connectivity index (χ2n) is 6.77. The van der Waals surface area contributed by atoms with Gasteiger partial charge >= 0.3 is 0 Å². The molecule has 0 aliphatic carbocycles. The maximum atomic E-state index is 13.4. The number of nitrogens with one attached hydrogen (secondary N) is 1. The molecule has 0 spiro atoms.